The van der Waals surface area contributed by atoms with Gasteiger partial charge in [0.1, 0.15) is 12.4 Å². The van der Waals surface area contributed by atoms with Gasteiger partial charge in [0.05, 0.1) is 4.90 Å². The van der Waals surface area contributed by atoms with Crippen molar-refractivity contribution in [3.63, 3.8) is 0 Å². The zero-order chi connectivity index (χ0) is 17.0. The molecule has 0 radical (unpaired) electrons. The van der Waals surface area contributed by atoms with Gasteiger partial charge in [0.15, 0.2) is 0 Å². The Balaban J connectivity index is 1.95. The van der Waals surface area contributed by atoms with Crippen LogP contribution in [0.3, 0.4) is 0 Å². The molecule has 0 spiro atoms. The first-order valence-electron chi connectivity index (χ1n) is 7.25. The van der Waals surface area contributed by atoms with Crippen LogP contribution in [0.2, 0.25) is 5.02 Å². The third-order valence-corrected chi connectivity index (χ3v) is 5.45. The molecule has 0 unspecified atom stereocenters. The van der Waals surface area contributed by atoms with Crippen molar-refractivity contribution in [3.8, 4) is 5.75 Å². The lowest BCUT2D eigenvalue weighted by Crippen LogP contribution is -2.28. The SMILES string of the molecule is Cc1ccc(C)c(S(=O)(=O)NCCOc2ccc(Cl)c(C)c2)c1. The normalized spacial score (nSPS) is 11.5. The minimum Gasteiger partial charge on any atom is -0.492 e. The molecule has 1 N–H and O–H groups in total. The van der Waals surface area contributed by atoms with Gasteiger partial charge in [0.2, 0.25) is 10.0 Å². The lowest BCUT2D eigenvalue weighted by molar-refractivity contribution is 0.322. The number of hydrogen-bond donors (Lipinski definition) is 1. The lowest BCUT2D eigenvalue weighted by Gasteiger charge is -2.11. The van der Waals surface area contributed by atoms with Crippen molar-refractivity contribution in [2.24, 2.45) is 0 Å². The maximum atomic E-state index is 12.3. The van der Waals surface area contributed by atoms with Gasteiger partial charge in [-0.15, -0.1) is 0 Å². The van der Waals surface area contributed by atoms with Crippen molar-refractivity contribution < 1.29 is 13.2 Å². The van der Waals surface area contributed by atoms with Gasteiger partial charge in [-0.05, 0) is 61.7 Å². The third kappa shape index (κ3) is 4.70. The molecule has 0 saturated carbocycles. The molecule has 0 aliphatic carbocycles. The first-order chi connectivity index (χ1) is 10.8. The minimum absolute atomic E-state index is 0.192. The summed E-state index contributed by atoms with van der Waals surface area (Å²) in [5, 5.41) is 0.674. The summed E-state index contributed by atoms with van der Waals surface area (Å²) in [4.78, 5) is 0.305. The second-order valence-corrected chi connectivity index (χ2v) is 7.57. The molecule has 0 aliphatic rings. The molecule has 0 amide bonds. The molecule has 6 heteroatoms. The van der Waals surface area contributed by atoms with Crippen molar-refractivity contribution in [3.05, 3.63) is 58.1 Å². The Labute approximate surface area is 142 Å². The quantitative estimate of drug-likeness (QED) is 0.807. The van der Waals surface area contributed by atoms with Crippen LogP contribution < -0.4 is 9.46 Å². The smallest absolute Gasteiger partial charge is 0.240 e. The number of benzene rings is 2. The first-order valence-corrected chi connectivity index (χ1v) is 9.11. The molecule has 0 bridgehead atoms. The highest BCUT2D eigenvalue weighted by Crippen LogP contribution is 2.21. The van der Waals surface area contributed by atoms with Crippen molar-refractivity contribution in [2.45, 2.75) is 25.7 Å². The Kier molecular flexibility index (Phi) is 5.68. The fourth-order valence-electron chi connectivity index (χ4n) is 2.13. The second kappa shape index (κ2) is 7.34. The van der Waals surface area contributed by atoms with Gasteiger partial charge in [-0.3, -0.25) is 0 Å². The number of rotatable bonds is 6. The van der Waals surface area contributed by atoms with Crippen LogP contribution in [0.4, 0.5) is 0 Å². The number of halogens is 1. The molecule has 0 fully saturated rings. The topological polar surface area (TPSA) is 55.4 Å². The standard InChI is InChI=1S/C17H20ClNO3S/c1-12-4-5-13(2)17(10-12)23(20,21)19-8-9-22-15-6-7-16(18)14(3)11-15/h4-7,10-11,19H,8-9H2,1-3H3. The highest BCUT2D eigenvalue weighted by Gasteiger charge is 2.16. The molecule has 2 aromatic carbocycles. The van der Waals surface area contributed by atoms with E-state index in [1.807, 2.05) is 26.0 Å². The number of nitrogens with one attached hydrogen (secondary N) is 1. The first kappa shape index (κ1) is 17.8. The predicted molar refractivity (Wildman–Crippen MR) is 92.8 cm³/mol. The van der Waals surface area contributed by atoms with Crippen molar-refractivity contribution in [2.75, 3.05) is 13.2 Å². The van der Waals surface area contributed by atoms with E-state index in [1.165, 1.54) is 0 Å². The summed E-state index contributed by atoms with van der Waals surface area (Å²) >= 11 is 5.95. The monoisotopic (exact) mass is 353 g/mol. The minimum atomic E-state index is -3.53. The van der Waals surface area contributed by atoms with Gasteiger partial charge >= 0.3 is 0 Å². The molecular formula is C17H20ClNO3S. The summed E-state index contributed by atoms with van der Waals surface area (Å²) in [5.41, 5.74) is 2.54. The average Bonchev–Trinajstić information content (AvgIpc) is 2.49. The van der Waals surface area contributed by atoms with Crippen LogP contribution in [0.5, 0.6) is 5.75 Å². The third-order valence-electron chi connectivity index (χ3n) is 3.43. The Bertz CT molecular complexity index is 803. The zero-order valence-electron chi connectivity index (χ0n) is 13.4. The van der Waals surface area contributed by atoms with Gasteiger partial charge < -0.3 is 4.74 Å². The van der Waals surface area contributed by atoms with E-state index in [2.05, 4.69) is 4.72 Å². The van der Waals surface area contributed by atoms with Crippen LogP contribution in [-0.4, -0.2) is 21.6 Å². The molecule has 4 nitrogen and oxygen atoms in total. The largest absolute Gasteiger partial charge is 0.492 e. The summed E-state index contributed by atoms with van der Waals surface area (Å²) in [5.74, 6) is 0.665. The number of aryl methyl sites for hydroxylation is 3. The number of ether oxygens (including phenoxy) is 1. The molecule has 0 aliphatic heterocycles. The fourth-order valence-corrected chi connectivity index (χ4v) is 3.58. The molecule has 0 aromatic heterocycles. The van der Waals surface area contributed by atoms with Crippen LogP contribution in [0.15, 0.2) is 41.3 Å². The van der Waals surface area contributed by atoms with Gasteiger partial charge in [-0.25, -0.2) is 13.1 Å². The maximum Gasteiger partial charge on any atom is 0.240 e. The summed E-state index contributed by atoms with van der Waals surface area (Å²) in [6, 6.07) is 10.7. The van der Waals surface area contributed by atoms with Crippen molar-refractivity contribution in [1.82, 2.24) is 4.72 Å². The molecule has 124 valence electrons. The molecule has 0 saturated heterocycles. The van der Waals surface area contributed by atoms with Crippen LogP contribution in [0, 0.1) is 20.8 Å². The van der Waals surface area contributed by atoms with Crippen molar-refractivity contribution >= 4 is 21.6 Å². The summed E-state index contributed by atoms with van der Waals surface area (Å²) < 4.78 is 32.8. The van der Waals surface area contributed by atoms with Gasteiger partial charge in [-0.2, -0.15) is 0 Å². The van der Waals surface area contributed by atoms with Crippen molar-refractivity contribution in [1.29, 1.82) is 0 Å². The van der Waals surface area contributed by atoms with E-state index in [0.29, 0.717) is 15.7 Å². The van der Waals surface area contributed by atoms with Gasteiger partial charge in [0, 0.05) is 11.6 Å². The Morgan fingerprint density at radius 2 is 1.78 bits per heavy atom. The zero-order valence-corrected chi connectivity index (χ0v) is 15.0. The molecular weight excluding hydrogens is 334 g/mol. The maximum absolute atomic E-state index is 12.3. The van der Waals surface area contributed by atoms with E-state index in [0.717, 1.165) is 16.7 Å². The van der Waals surface area contributed by atoms with Gasteiger partial charge in [0.25, 0.3) is 0 Å². The molecule has 0 atom stereocenters. The average molecular weight is 354 g/mol. The molecule has 2 aromatic rings. The van der Waals surface area contributed by atoms with E-state index in [-0.39, 0.29) is 13.2 Å². The van der Waals surface area contributed by atoms with E-state index >= 15 is 0 Å². The van der Waals surface area contributed by atoms with E-state index < -0.39 is 10.0 Å². The lowest BCUT2D eigenvalue weighted by atomic mass is 10.2. The molecule has 0 heterocycles. The Hall–Kier alpha value is -1.56. The van der Waals surface area contributed by atoms with Gasteiger partial charge in [-0.1, -0.05) is 23.7 Å². The van der Waals surface area contributed by atoms with Crippen LogP contribution in [-0.2, 0) is 10.0 Å². The van der Waals surface area contributed by atoms with Crippen LogP contribution in [0.25, 0.3) is 0 Å². The fraction of sp³-hybridized carbons (Fsp3) is 0.294. The summed E-state index contributed by atoms with van der Waals surface area (Å²) in [6.07, 6.45) is 0. The number of sulfonamides is 1. The van der Waals surface area contributed by atoms with E-state index in [9.17, 15) is 8.42 Å². The van der Waals surface area contributed by atoms with Crippen LogP contribution in [0.1, 0.15) is 16.7 Å². The van der Waals surface area contributed by atoms with Crippen LogP contribution >= 0.6 is 11.6 Å². The number of hydrogen-bond acceptors (Lipinski definition) is 3. The second-order valence-electron chi connectivity index (χ2n) is 5.43. The van der Waals surface area contributed by atoms with E-state index in [4.69, 9.17) is 16.3 Å². The summed E-state index contributed by atoms with van der Waals surface area (Å²) in [6.45, 7) is 5.96. The predicted octanol–water partition coefficient (Wildman–Crippen LogP) is 3.62. The summed E-state index contributed by atoms with van der Waals surface area (Å²) in [7, 11) is -3.53. The van der Waals surface area contributed by atoms with E-state index in [1.54, 1.807) is 31.2 Å². The Morgan fingerprint density at radius 3 is 2.48 bits per heavy atom. The molecule has 2 rings (SSSR count). The highest BCUT2D eigenvalue weighted by molar-refractivity contribution is 7.89. The highest BCUT2D eigenvalue weighted by atomic mass is 35.5. The molecule has 23 heavy (non-hydrogen) atoms. The Morgan fingerprint density at radius 1 is 1.04 bits per heavy atom.